The third-order valence-corrected chi connectivity index (χ3v) is 3.79. The Hall–Kier alpha value is -1.67. The Bertz CT molecular complexity index is 612. The van der Waals surface area contributed by atoms with Gasteiger partial charge in [-0.1, -0.05) is 41.9 Å². The summed E-state index contributed by atoms with van der Waals surface area (Å²) in [6, 6.07) is 14.1. The fourth-order valence-corrected chi connectivity index (χ4v) is 2.75. The maximum absolute atomic E-state index is 6.27. The lowest BCUT2D eigenvalue weighted by atomic mass is 9.93. The molecule has 1 aliphatic heterocycles. The van der Waals surface area contributed by atoms with Crippen molar-refractivity contribution in [2.45, 2.75) is 19.4 Å². The van der Waals surface area contributed by atoms with Gasteiger partial charge in [-0.15, -0.1) is 0 Å². The van der Waals surface area contributed by atoms with Crippen LogP contribution in [0.25, 0.3) is 0 Å². The van der Waals surface area contributed by atoms with Crippen LogP contribution in [0, 0.1) is 6.92 Å². The summed E-state index contributed by atoms with van der Waals surface area (Å²) >= 11 is 6.07. The van der Waals surface area contributed by atoms with E-state index in [-0.39, 0.29) is 5.60 Å². The summed E-state index contributed by atoms with van der Waals surface area (Å²) < 4.78 is 6.27. The highest BCUT2D eigenvalue weighted by Gasteiger charge is 2.34. The molecule has 19 heavy (non-hydrogen) atoms. The number of fused-ring (bicyclic) bond motifs is 1. The number of ether oxygens (including phenoxy) is 1. The lowest BCUT2D eigenvalue weighted by Gasteiger charge is -2.37. The first-order chi connectivity index (χ1) is 9.08. The Morgan fingerprint density at radius 3 is 2.68 bits per heavy atom. The Balaban J connectivity index is 2.02. The third kappa shape index (κ3) is 2.17. The molecule has 1 heterocycles. The molecule has 0 spiro atoms. The summed E-state index contributed by atoms with van der Waals surface area (Å²) in [7, 11) is 0. The van der Waals surface area contributed by atoms with Gasteiger partial charge in [0, 0.05) is 5.02 Å². The first-order valence-electron chi connectivity index (χ1n) is 6.37. The van der Waals surface area contributed by atoms with Crippen LogP contribution in [-0.2, 0) is 5.60 Å². The van der Waals surface area contributed by atoms with Crippen molar-refractivity contribution in [3.05, 3.63) is 58.6 Å². The molecule has 2 aromatic rings. The summed E-state index contributed by atoms with van der Waals surface area (Å²) in [6.07, 6.45) is 0. The smallest absolute Gasteiger partial charge is 0.148 e. The zero-order valence-electron chi connectivity index (χ0n) is 11.0. The van der Waals surface area contributed by atoms with E-state index < -0.39 is 0 Å². The minimum Gasteiger partial charge on any atom is -0.479 e. The number of hydrogen-bond donors (Lipinski definition) is 1. The molecule has 0 aromatic heterocycles. The van der Waals surface area contributed by atoms with Crippen LogP contribution in [0.1, 0.15) is 18.1 Å². The average molecular weight is 274 g/mol. The summed E-state index contributed by atoms with van der Waals surface area (Å²) in [4.78, 5) is 0. The number of aryl methyl sites for hydroxylation is 1. The molecule has 1 N–H and O–H groups in total. The van der Waals surface area contributed by atoms with Gasteiger partial charge < -0.3 is 10.1 Å². The van der Waals surface area contributed by atoms with E-state index in [1.54, 1.807) is 0 Å². The first kappa shape index (κ1) is 12.4. The minimum absolute atomic E-state index is 0.354. The molecular formula is C16H16ClNO. The van der Waals surface area contributed by atoms with Crippen LogP contribution in [-0.4, -0.2) is 6.54 Å². The molecule has 0 aliphatic carbocycles. The zero-order valence-corrected chi connectivity index (χ0v) is 11.8. The predicted molar refractivity (Wildman–Crippen MR) is 79.1 cm³/mol. The van der Waals surface area contributed by atoms with Gasteiger partial charge in [0.1, 0.15) is 11.4 Å². The number of hydrogen-bond acceptors (Lipinski definition) is 2. The maximum atomic E-state index is 6.27. The summed E-state index contributed by atoms with van der Waals surface area (Å²) in [6.45, 7) is 4.85. The van der Waals surface area contributed by atoms with Crippen molar-refractivity contribution in [1.82, 2.24) is 0 Å². The molecule has 0 bridgehead atoms. The molecule has 3 rings (SSSR count). The maximum Gasteiger partial charge on any atom is 0.148 e. The van der Waals surface area contributed by atoms with Crippen molar-refractivity contribution < 1.29 is 4.74 Å². The average Bonchev–Trinajstić information content (AvgIpc) is 2.41. The first-order valence-corrected chi connectivity index (χ1v) is 6.75. The largest absolute Gasteiger partial charge is 0.479 e. The van der Waals surface area contributed by atoms with E-state index >= 15 is 0 Å². The van der Waals surface area contributed by atoms with E-state index in [2.05, 4.69) is 24.4 Å². The van der Waals surface area contributed by atoms with Gasteiger partial charge in [0.15, 0.2) is 0 Å². The van der Waals surface area contributed by atoms with Crippen LogP contribution >= 0.6 is 11.6 Å². The molecule has 98 valence electrons. The van der Waals surface area contributed by atoms with Crippen LogP contribution in [0.15, 0.2) is 42.5 Å². The predicted octanol–water partition coefficient (Wildman–Crippen LogP) is 4.37. The Morgan fingerprint density at radius 1 is 1.21 bits per heavy atom. The molecule has 0 radical (unpaired) electrons. The Morgan fingerprint density at radius 2 is 1.95 bits per heavy atom. The normalized spacial score (nSPS) is 21.2. The van der Waals surface area contributed by atoms with Crippen molar-refractivity contribution in [2.24, 2.45) is 0 Å². The van der Waals surface area contributed by atoms with Crippen molar-refractivity contribution in [1.29, 1.82) is 0 Å². The molecule has 1 atom stereocenters. The molecule has 0 fully saturated rings. The molecule has 2 aromatic carbocycles. The highest BCUT2D eigenvalue weighted by molar-refractivity contribution is 6.31. The molecule has 1 unspecified atom stereocenters. The topological polar surface area (TPSA) is 21.3 Å². The lowest BCUT2D eigenvalue weighted by molar-refractivity contribution is 0.0929. The van der Waals surface area contributed by atoms with Crippen molar-refractivity contribution in [3.8, 4) is 5.75 Å². The second-order valence-electron chi connectivity index (χ2n) is 5.15. The van der Waals surface area contributed by atoms with Gasteiger partial charge >= 0.3 is 0 Å². The van der Waals surface area contributed by atoms with E-state index in [0.29, 0.717) is 0 Å². The standard InChI is InChI=1S/C16H16ClNO/c1-11-8-13(17)9-14-15(11)19-16(2,10-18-14)12-6-4-3-5-7-12/h3-9,18H,10H2,1-2H3. The number of rotatable bonds is 1. The van der Waals surface area contributed by atoms with Gasteiger partial charge in [-0.3, -0.25) is 0 Å². The lowest BCUT2D eigenvalue weighted by Crippen LogP contribution is -2.40. The van der Waals surface area contributed by atoms with E-state index in [0.717, 1.165) is 28.6 Å². The van der Waals surface area contributed by atoms with E-state index in [9.17, 15) is 0 Å². The van der Waals surface area contributed by atoms with Crippen LogP contribution < -0.4 is 10.1 Å². The summed E-state index contributed by atoms with van der Waals surface area (Å²) in [5, 5.41) is 4.16. The quantitative estimate of drug-likeness (QED) is 0.833. The van der Waals surface area contributed by atoms with Gasteiger partial charge in [-0.2, -0.15) is 0 Å². The summed E-state index contributed by atoms with van der Waals surface area (Å²) in [5.41, 5.74) is 2.84. The fourth-order valence-electron chi connectivity index (χ4n) is 2.47. The van der Waals surface area contributed by atoms with Gasteiger partial charge in [0.25, 0.3) is 0 Å². The second-order valence-corrected chi connectivity index (χ2v) is 5.59. The monoisotopic (exact) mass is 273 g/mol. The van der Waals surface area contributed by atoms with Gasteiger partial charge in [0.2, 0.25) is 0 Å². The van der Waals surface area contributed by atoms with Crippen LogP contribution in [0.4, 0.5) is 5.69 Å². The SMILES string of the molecule is Cc1cc(Cl)cc2c1OC(C)(c1ccccc1)CN2. The molecule has 3 heteroatoms. The molecule has 0 saturated carbocycles. The highest BCUT2D eigenvalue weighted by Crippen LogP contribution is 2.41. The summed E-state index contributed by atoms with van der Waals surface area (Å²) in [5.74, 6) is 0.891. The van der Waals surface area contributed by atoms with Gasteiger partial charge in [-0.25, -0.2) is 0 Å². The van der Waals surface area contributed by atoms with Crippen molar-refractivity contribution in [3.63, 3.8) is 0 Å². The molecule has 2 nitrogen and oxygen atoms in total. The molecule has 0 amide bonds. The molecular weight excluding hydrogens is 258 g/mol. The van der Waals surface area contributed by atoms with Crippen molar-refractivity contribution >= 4 is 17.3 Å². The van der Waals surface area contributed by atoms with E-state index in [4.69, 9.17) is 16.3 Å². The Kier molecular flexibility index (Phi) is 2.90. The van der Waals surface area contributed by atoms with Crippen LogP contribution in [0.2, 0.25) is 5.02 Å². The minimum atomic E-state index is -0.354. The number of halogens is 1. The van der Waals surface area contributed by atoms with Crippen molar-refractivity contribution in [2.75, 3.05) is 11.9 Å². The zero-order chi connectivity index (χ0) is 13.5. The molecule has 0 saturated heterocycles. The number of anilines is 1. The van der Waals surface area contributed by atoms with Gasteiger partial charge in [-0.05, 0) is 37.1 Å². The van der Waals surface area contributed by atoms with Gasteiger partial charge in [0.05, 0.1) is 12.2 Å². The van der Waals surface area contributed by atoms with Crippen LogP contribution in [0.3, 0.4) is 0 Å². The fraction of sp³-hybridized carbons (Fsp3) is 0.250. The second kappa shape index (κ2) is 4.46. The highest BCUT2D eigenvalue weighted by atomic mass is 35.5. The van der Waals surface area contributed by atoms with Crippen LogP contribution in [0.5, 0.6) is 5.75 Å². The molecule has 1 aliphatic rings. The van der Waals surface area contributed by atoms with E-state index in [1.165, 1.54) is 5.56 Å². The number of nitrogens with one attached hydrogen (secondary N) is 1. The number of benzene rings is 2. The third-order valence-electron chi connectivity index (χ3n) is 3.57. The van der Waals surface area contributed by atoms with E-state index in [1.807, 2.05) is 37.3 Å². The Labute approximate surface area is 118 Å².